The molecular formula is C27H26N4O3. The van der Waals surface area contributed by atoms with Crippen molar-refractivity contribution in [3.63, 3.8) is 0 Å². The van der Waals surface area contributed by atoms with E-state index in [4.69, 9.17) is 9.47 Å². The van der Waals surface area contributed by atoms with Gasteiger partial charge in [-0.3, -0.25) is 0 Å². The summed E-state index contributed by atoms with van der Waals surface area (Å²) in [4.78, 5) is 12.4. The van der Waals surface area contributed by atoms with Gasteiger partial charge >= 0.3 is 5.69 Å². The molecule has 172 valence electrons. The Morgan fingerprint density at radius 2 is 1.88 bits per heavy atom. The van der Waals surface area contributed by atoms with Crippen molar-refractivity contribution in [1.82, 2.24) is 19.9 Å². The number of H-pyrrole nitrogens is 1. The predicted molar refractivity (Wildman–Crippen MR) is 134 cm³/mol. The van der Waals surface area contributed by atoms with E-state index in [1.807, 2.05) is 61.5 Å². The van der Waals surface area contributed by atoms with Crippen LogP contribution in [-0.4, -0.2) is 34.9 Å². The summed E-state index contributed by atoms with van der Waals surface area (Å²) in [7, 11) is 1.67. The average molecular weight is 455 g/mol. The highest BCUT2D eigenvalue weighted by Gasteiger charge is 2.14. The highest BCUT2D eigenvalue weighted by Crippen LogP contribution is 2.35. The summed E-state index contributed by atoms with van der Waals surface area (Å²) in [5, 5.41) is 11.1. The van der Waals surface area contributed by atoms with E-state index in [0.717, 1.165) is 51.2 Å². The van der Waals surface area contributed by atoms with Crippen LogP contribution >= 0.6 is 0 Å². The normalized spacial score (nSPS) is 11.2. The lowest BCUT2D eigenvalue weighted by Crippen LogP contribution is -2.20. The van der Waals surface area contributed by atoms with Crippen LogP contribution in [0.4, 0.5) is 0 Å². The van der Waals surface area contributed by atoms with E-state index in [0.29, 0.717) is 18.8 Å². The van der Waals surface area contributed by atoms with Crippen LogP contribution in [0.25, 0.3) is 27.7 Å². The fourth-order valence-corrected chi connectivity index (χ4v) is 4.21. The van der Waals surface area contributed by atoms with Crippen LogP contribution in [-0.2, 0) is 6.54 Å². The lowest BCUT2D eigenvalue weighted by molar-refractivity contribution is 0.313. The lowest BCUT2D eigenvalue weighted by Gasteiger charge is -2.14. The maximum absolute atomic E-state index is 12.4. The van der Waals surface area contributed by atoms with Crippen LogP contribution in [0.3, 0.4) is 0 Å². The molecule has 3 aromatic carbocycles. The Bertz CT molecular complexity index is 1510. The van der Waals surface area contributed by atoms with Crippen LogP contribution in [0.1, 0.15) is 11.1 Å². The molecule has 34 heavy (non-hydrogen) atoms. The summed E-state index contributed by atoms with van der Waals surface area (Å²) in [6.07, 6.45) is 0. The molecule has 0 amide bonds. The van der Waals surface area contributed by atoms with E-state index in [9.17, 15) is 4.79 Å². The van der Waals surface area contributed by atoms with Crippen LogP contribution in [0.2, 0.25) is 0 Å². The molecule has 0 fully saturated rings. The minimum absolute atomic E-state index is 0.258. The number of hydrogen-bond acceptors (Lipinski definition) is 5. The number of aryl methyl sites for hydroxylation is 1. The van der Waals surface area contributed by atoms with Crippen molar-refractivity contribution >= 4 is 16.6 Å². The number of fused-ring (bicyclic) bond motifs is 3. The molecule has 0 aliphatic carbocycles. The fraction of sp³-hybridized carbons (Fsp3) is 0.185. The predicted octanol–water partition coefficient (Wildman–Crippen LogP) is 4.33. The fourth-order valence-electron chi connectivity index (χ4n) is 4.21. The van der Waals surface area contributed by atoms with Crippen molar-refractivity contribution in [2.24, 2.45) is 0 Å². The number of aromatic amines is 1. The number of nitrogens with zero attached hydrogens (tertiary/aromatic N) is 2. The van der Waals surface area contributed by atoms with Crippen LogP contribution in [0, 0.1) is 6.92 Å². The molecule has 7 heteroatoms. The summed E-state index contributed by atoms with van der Waals surface area (Å²) in [5.41, 5.74) is 5.25. The van der Waals surface area contributed by atoms with Gasteiger partial charge in [-0.2, -0.15) is 5.10 Å². The van der Waals surface area contributed by atoms with E-state index >= 15 is 0 Å². The zero-order chi connectivity index (χ0) is 23.5. The number of pyridine rings is 1. The SMILES string of the molecule is COc1cc2c(C)cc3n[nH]c(=O)n3c2cc1-c1cccc(CNCCOc2ccccc2)c1. The molecule has 0 aliphatic rings. The number of para-hydroxylation sites is 1. The van der Waals surface area contributed by atoms with E-state index < -0.39 is 0 Å². The topological polar surface area (TPSA) is 80.7 Å². The molecule has 0 bridgehead atoms. The number of rotatable bonds is 8. The third-order valence-electron chi connectivity index (χ3n) is 5.89. The Balaban J connectivity index is 1.40. The molecule has 0 aliphatic heterocycles. The van der Waals surface area contributed by atoms with Crippen LogP contribution < -0.4 is 20.5 Å². The quantitative estimate of drug-likeness (QED) is 0.341. The first-order valence-corrected chi connectivity index (χ1v) is 11.2. The molecule has 5 rings (SSSR count). The Morgan fingerprint density at radius 3 is 2.71 bits per heavy atom. The van der Waals surface area contributed by atoms with Crippen molar-refractivity contribution in [3.05, 3.63) is 94.4 Å². The molecule has 0 radical (unpaired) electrons. The second kappa shape index (κ2) is 9.41. The van der Waals surface area contributed by atoms with Crippen molar-refractivity contribution in [3.8, 4) is 22.6 Å². The average Bonchev–Trinajstić information content (AvgIpc) is 3.24. The van der Waals surface area contributed by atoms with Gasteiger partial charge in [-0.05, 0) is 60.0 Å². The summed E-state index contributed by atoms with van der Waals surface area (Å²) in [5.74, 6) is 1.63. The molecule has 0 saturated carbocycles. The molecule has 0 atom stereocenters. The third kappa shape index (κ3) is 4.25. The maximum Gasteiger partial charge on any atom is 0.348 e. The van der Waals surface area contributed by atoms with Gasteiger partial charge in [0.05, 0.1) is 12.6 Å². The molecular weight excluding hydrogens is 428 g/mol. The number of methoxy groups -OCH3 is 1. The first-order chi connectivity index (χ1) is 16.6. The molecule has 0 saturated heterocycles. The van der Waals surface area contributed by atoms with E-state index in [1.165, 1.54) is 0 Å². The van der Waals surface area contributed by atoms with Gasteiger partial charge in [-0.25, -0.2) is 14.3 Å². The highest BCUT2D eigenvalue weighted by atomic mass is 16.5. The van der Waals surface area contributed by atoms with Gasteiger partial charge in [0.15, 0.2) is 5.65 Å². The molecule has 7 nitrogen and oxygen atoms in total. The summed E-state index contributed by atoms with van der Waals surface area (Å²) >= 11 is 0. The Morgan fingerprint density at radius 1 is 1.03 bits per heavy atom. The van der Waals surface area contributed by atoms with Gasteiger partial charge in [0.1, 0.15) is 18.1 Å². The highest BCUT2D eigenvalue weighted by molar-refractivity contribution is 5.92. The number of benzene rings is 3. The minimum atomic E-state index is -0.258. The van der Waals surface area contributed by atoms with E-state index in [1.54, 1.807) is 11.5 Å². The molecule has 0 spiro atoms. The number of hydrogen-bond donors (Lipinski definition) is 2. The van der Waals surface area contributed by atoms with Crippen molar-refractivity contribution in [2.75, 3.05) is 20.3 Å². The second-order valence-electron chi connectivity index (χ2n) is 8.16. The lowest BCUT2D eigenvalue weighted by atomic mass is 9.99. The Hall–Kier alpha value is -4.10. The van der Waals surface area contributed by atoms with Gasteiger partial charge in [-0.15, -0.1) is 0 Å². The molecule has 2 aromatic heterocycles. The zero-order valence-electron chi connectivity index (χ0n) is 19.2. The van der Waals surface area contributed by atoms with Gasteiger partial charge in [-0.1, -0.05) is 36.4 Å². The first kappa shape index (κ1) is 21.7. The molecule has 0 unspecified atom stereocenters. The monoisotopic (exact) mass is 454 g/mol. The minimum Gasteiger partial charge on any atom is -0.496 e. The summed E-state index contributed by atoms with van der Waals surface area (Å²) < 4.78 is 13.1. The largest absolute Gasteiger partial charge is 0.496 e. The van der Waals surface area contributed by atoms with Crippen molar-refractivity contribution in [2.45, 2.75) is 13.5 Å². The third-order valence-corrected chi connectivity index (χ3v) is 5.89. The van der Waals surface area contributed by atoms with Gasteiger partial charge in [0.25, 0.3) is 0 Å². The standard InChI is InChI=1S/C27H26N4O3/c1-18-13-26-29-30-27(32)31(26)24-15-23(25(33-2)16-22(18)24)20-8-6-7-19(14-20)17-28-11-12-34-21-9-4-3-5-10-21/h3-10,13-16,28H,11-12,17H2,1-2H3,(H,30,32). The first-order valence-electron chi connectivity index (χ1n) is 11.2. The van der Waals surface area contributed by atoms with Gasteiger partial charge in [0.2, 0.25) is 0 Å². The zero-order valence-corrected chi connectivity index (χ0v) is 19.2. The van der Waals surface area contributed by atoms with Gasteiger partial charge in [0, 0.05) is 24.0 Å². The maximum atomic E-state index is 12.4. The number of nitrogens with one attached hydrogen (secondary N) is 2. The van der Waals surface area contributed by atoms with E-state index in [-0.39, 0.29) is 5.69 Å². The smallest absolute Gasteiger partial charge is 0.348 e. The molecule has 2 heterocycles. The van der Waals surface area contributed by atoms with Crippen LogP contribution in [0.5, 0.6) is 11.5 Å². The number of ether oxygens (including phenoxy) is 2. The Labute approximate surface area is 197 Å². The summed E-state index contributed by atoms with van der Waals surface area (Å²) in [6.45, 7) is 4.05. The second-order valence-corrected chi connectivity index (χ2v) is 8.16. The molecule has 2 N–H and O–H groups in total. The molecule has 5 aromatic rings. The summed E-state index contributed by atoms with van der Waals surface area (Å²) in [6, 6.07) is 24.0. The number of aromatic nitrogens is 3. The Kier molecular flexibility index (Phi) is 6.01. The van der Waals surface area contributed by atoms with Crippen molar-refractivity contribution < 1.29 is 9.47 Å². The van der Waals surface area contributed by atoms with Gasteiger partial charge < -0.3 is 14.8 Å². The van der Waals surface area contributed by atoms with Crippen molar-refractivity contribution in [1.29, 1.82) is 0 Å². The van der Waals surface area contributed by atoms with Crippen LogP contribution in [0.15, 0.2) is 77.6 Å². The van der Waals surface area contributed by atoms with E-state index in [2.05, 4.69) is 33.7 Å².